The van der Waals surface area contributed by atoms with Gasteiger partial charge in [-0.2, -0.15) is 10.2 Å². The molecule has 13 nitrogen and oxygen atoms in total. The smallest absolute Gasteiger partial charge is 0.316 e. The molecule has 2 fully saturated rings. The second kappa shape index (κ2) is 14.0. The molecule has 2 N–H and O–H groups in total. The minimum absolute atomic E-state index is 0.0738. The molecule has 1 amide bonds. The number of aromatic nitrogens is 5. The normalized spacial score (nSPS) is 17.8. The number of nitriles is 1. The van der Waals surface area contributed by atoms with Gasteiger partial charge in [-0.1, -0.05) is 18.2 Å². The highest BCUT2D eigenvalue weighted by Crippen LogP contribution is 2.30. The average Bonchev–Trinajstić information content (AvgIpc) is 3.07. The molecule has 4 heterocycles. The van der Waals surface area contributed by atoms with Crippen LogP contribution in [0.2, 0.25) is 0 Å². The fraction of sp³-hybridized carbons (Fsp3) is 0.344. The first kappa shape index (κ1) is 29.7. The standard InChI is InChI=1S/C32H33N9O4/c1-43-32-36-16-23(17-37-32)21-7-12-28(34-14-21)41(29(42)20-45-27-5-3-2-4-6-27)26-10-8-24(9-11-26)39-31-35-15-22(13-33)30(40-31)38-25-18-44-19-25/h2-7,12,14-17,24-26H,8-11,18-20H2,1H3,(H2,35,38,39,40). The first-order valence-electron chi connectivity index (χ1n) is 14.8. The number of rotatable bonds is 11. The van der Waals surface area contributed by atoms with E-state index >= 15 is 0 Å². The van der Waals surface area contributed by atoms with Gasteiger partial charge in [0.25, 0.3) is 5.91 Å². The number of methoxy groups -OCH3 is 1. The van der Waals surface area contributed by atoms with Crippen LogP contribution >= 0.6 is 0 Å². The van der Waals surface area contributed by atoms with Crippen LogP contribution in [0.25, 0.3) is 11.1 Å². The number of carbonyl (C=O) groups excluding carboxylic acids is 1. The molecular weight excluding hydrogens is 574 g/mol. The van der Waals surface area contributed by atoms with Crippen molar-refractivity contribution in [2.45, 2.75) is 43.8 Å². The summed E-state index contributed by atoms with van der Waals surface area (Å²) in [5.74, 6) is 1.97. The summed E-state index contributed by atoms with van der Waals surface area (Å²) in [6, 6.07) is 15.6. The number of hydrogen-bond donors (Lipinski definition) is 2. The zero-order valence-corrected chi connectivity index (χ0v) is 24.8. The number of nitrogens with one attached hydrogen (secondary N) is 2. The Labute approximate surface area is 260 Å². The molecule has 2 aliphatic rings. The molecule has 6 rings (SSSR count). The lowest BCUT2D eigenvalue weighted by Crippen LogP contribution is -2.46. The van der Waals surface area contributed by atoms with Crippen LogP contribution in [0.5, 0.6) is 11.8 Å². The molecule has 0 unspecified atom stereocenters. The molecule has 13 heteroatoms. The first-order valence-corrected chi connectivity index (χ1v) is 14.8. The van der Waals surface area contributed by atoms with Crippen LogP contribution in [0.4, 0.5) is 17.6 Å². The van der Waals surface area contributed by atoms with E-state index in [1.807, 2.05) is 42.5 Å². The van der Waals surface area contributed by atoms with Crippen molar-refractivity contribution in [3.05, 3.63) is 72.8 Å². The average molecular weight is 608 g/mol. The lowest BCUT2D eigenvalue weighted by Gasteiger charge is -2.36. The van der Waals surface area contributed by atoms with Gasteiger partial charge in [0.15, 0.2) is 6.61 Å². The maximum absolute atomic E-state index is 13.7. The van der Waals surface area contributed by atoms with Gasteiger partial charge in [-0.05, 0) is 49.9 Å². The summed E-state index contributed by atoms with van der Waals surface area (Å²) in [7, 11) is 1.52. The highest BCUT2D eigenvalue weighted by molar-refractivity contribution is 5.94. The van der Waals surface area contributed by atoms with E-state index in [9.17, 15) is 10.1 Å². The number of ether oxygens (including phenoxy) is 3. The van der Waals surface area contributed by atoms with Crippen molar-refractivity contribution >= 4 is 23.5 Å². The highest BCUT2D eigenvalue weighted by atomic mass is 16.5. The number of carbonyl (C=O) groups is 1. The minimum atomic E-state index is -0.172. The highest BCUT2D eigenvalue weighted by Gasteiger charge is 2.31. The summed E-state index contributed by atoms with van der Waals surface area (Å²) in [4.78, 5) is 37.4. The van der Waals surface area contributed by atoms with E-state index in [0.717, 1.165) is 36.8 Å². The van der Waals surface area contributed by atoms with Crippen molar-refractivity contribution in [3.63, 3.8) is 0 Å². The summed E-state index contributed by atoms with van der Waals surface area (Å²) in [5, 5.41) is 16.2. The number of hydrogen-bond acceptors (Lipinski definition) is 12. The van der Waals surface area contributed by atoms with E-state index < -0.39 is 0 Å². The molecule has 45 heavy (non-hydrogen) atoms. The Hall–Kier alpha value is -5.35. The van der Waals surface area contributed by atoms with Gasteiger partial charge in [-0.25, -0.2) is 19.9 Å². The molecule has 4 aromatic rings. The maximum atomic E-state index is 13.7. The second-order valence-corrected chi connectivity index (χ2v) is 10.8. The third kappa shape index (κ3) is 7.25. The third-order valence-corrected chi connectivity index (χ3v) is 7.80. The van der Waals surface area contributed by atoms with Gasteiger partial charge in [-0.15, -0.1) is 0 Å². The van der Waals surface area contributed by atoms with Crippen molar-refractivity contribution in [1.29, 1.82) is 5.26 Å². The van der Waals surface area contributed by atoms with Crippen molar-refractivity contribution < 1.29 is 19.0 Å². The van der Waals surface area contributed by atoms with Gasteiger partial charge in [0, 0.05) is 41.8 Å². The predicted octanol–water partition coefficient (Wildman–Crippen LogP) is 3.85. The SMILES string of the molecule is COc1ncc(-c2ccc(N(C(=O)COc3ccccc3)C3CCC(Nc4ncc(C#N)c(NC5COC5)n4)CC3)nc2)cn1. The van der Waals surface area contributed by atoms with Crippen molar-refractivity contribution in [1.82, 2.24) is 24.9 Å². The maximum Gasteiger partial charge on any atom is 0.316 e. The molecule has 3 aromatic heterocycles. The van der Waals surface area contributed by atoms with E-state index in [4.69, 9.17) is 14.2 Å². The van der Waals surface area contributed by atoms with E-state index in [1.165, 1.54) is 13.3 Å². The monoisotopic (exact) mass is 607 g/mol. The Kier molecular flexibility index (Phi) is 9.22. The molecule has 0 atom stereocenters. The molecule has 0 bridgehead atoms. The molecule has 1 saturated carbocycles. The Balaban J connectivity index is 1.15. The topological polar surface area (TPSA) is 160 Å². The Bertz CT molecular complexity index is 1620. The molecule has 1 aromatic carbocycles. The molecule has 1 aliphatic carbocycles. The fourth-order valence-corrected chi connectivity index (χ4v) is 5.34. The fourth-order valence-electron chi connectivity index (χ4n) is 5.34. The van der Waals surface area contributed by atoms with Gasteiger partial charge < -0.3 is 24.8 Å². The summed E-state index contributed by atoms with van der Waals surface area (Å²) in [6.45, 7) is 1.06. The molecule has 0 spiro atoms. The number of amides is 1. The van der Waals surface area contributed by atoms with Crippen LogP contribution in [0.3, 0.4) is 0 Å². The predicted molar refractivity (Wildman–Crippen MR) is 166 cm³/mol. The molecule has 1 aliphatic heterocycles. The van der Waals surface area contributed by atoms with Crippen molar-refractivity contribution in [3.8, 4) is 29.0 Å². The first-order chi connectivity index (χ1) is 22.1. The van der Waals surface area contributed by atoms with Crippen molar-refractivity contribution in [2.24, 2.45) is 0 Å². The minimum Gasteiger partial charge on any atom is -0.484 e. The largest absolute Gasteiger partial charge is 0.484 e. The zero-order valence-electron chi connectivity index (χ0n) is 24.8. The summed E-state index contributed by atoms with van der Waals surface area (Å²) in [5.41, 5.74) is 2.00. The summed E-state index contributed by atoms with van der Waals surface area (Å²) < 4.78 is 16.1. The Morgan fingerprint density at radius 1 is 0.933 bits per heavy atom. The van der Waals surface area contributed by atoms with Crippen molar-refractivity contribution in [2.75, 3.05) is 42.5 Å². The van der Waals surface area contributed by atoms with Crippen LogP contribution in [-0.4, -0.2) is 75.9 Å². The number of para-hydroxylation sites is 1. The van der Waals surface area contributed by atoms with E-state index in [1.54, 1.807) is 23.5 Å². The van der Waals surface area contributed by atoms with Crippen LogP contribution in [0, 0.1) is 11.3 Å². The zero-order chi connectivity index (χ0) is 31.0. The second-order valence-electron chi connectivity index (χ2n) is 10.8. The molecule has 1 saturated heterocycles. The van der Waals surface area contributed by atoms with Gasteiger partial charge in [0.1, 0.15) is 29.0 Å². The van der Waals surface area contributed by atoms with E-state index in [0.29, 0.717) is 42.1 Å². The number of pyridine rings is 1. The van der Waals surface area contributed by atoms with E-state index in [-0.39, 0.29) is 36.7 Å². The summed E-state index contributed by atoms with van der Waals surface area (Å²) in [6.07, 6.45) is 9.66. The molecular formula is C32H33N9O4. The third-order valence-electron chi connectivity index (χ3n) is 7.80. The lowest BCUT2D eigenvalue weighted by atomic mass is 9.90. The lowest BCUT2D eigenvalue weighted by molar-refractivity contribution is -0.121. The van der Waals surface area contributed by atoms with E-state index in [2.05, 4.69) is 41.6 Å². The Morgan fingerprint density at radius 3 is 2.33 bits per heavy atom. The van der Waals surface area contributed by atoms with Gasteiger partial charge in [0.05, 0.1) is 32.6 Å². The van der Waals surface area contributed by atoms with Crippen LogP contribution in [0.1, 0.15) is 31.2 Å². The van der Waals surface area contributed by atoms with Crippen LogP contribution in [0.15, 0.2) is 67.3 Å². The molecule has 230 valence electrons. The number of anilines is 3. The van der Waals surface area contributed by atoms with Crippen LogP contribution < -0.4 is 25.0 Å². The van der Waals surface area contributed by atoms with Gasteiger partial charge in [-0.3, -0.25) is 9.69 Å². The number of nitrogens with zero attached hydrogens (tertiary/aromatic N) is 7. The summed E-state index contributed by atoms with van der Waals surface area (Å²) >= 11 is 0. The van der Waals surface area contributed by atoms with Gasteiger partial charge >= 0.3 is 6.01 Å². The quantitative estimate of drug-likeness (QED) is 0.254. The van der Waals surface area contributed by atoms with Gasteiger partial charge in [0.2, 0.25) is 5.95 Å². The van der Waals surface area contributed by atoms with Crippen LogP contribution in [-0.2, 0) is 9.53 Å². The molecule has 0 radical (unpaired) electrons. The number of benzene rings is 1. The Morgan fingerprint density at radius 2 is 1.69 bits per heavy atom.